The molecule has 0 bridgehead atoms. The Balaban J connectivity index is 1.92. The zero-order valence-electron chi connectivity index (χ0n) is 16.2. The van der Waals surface area contributed by atoms with Crippen LogP contribution >= 0.6 is 0 Å². The van der Waals surface area contributed by atoms with Gasteiger partial charge in [0.05, 0.1) is 18.8 Å². The molecule has 1 aromatic carbocycles. The van der Waals surface area contributed by atoms with E-state index in [0.717, 1.165) is 5.69 Å². The smallest absolute Gasteiger partial charge is 0.254 e. The number of rotatable bonds is 8. The topological polar surface area (TPSA) is 61.9 Å². The van der Waals surface area contributed by atoms with E-state index in [4.69, 9.17) is 4.74 Å². The molecule has 1 N–H and O–H groups in total. The Hall–Kier alpha value is -2.60. The Kier molecular flexibility index (Phi) is 7.61. The molecule has 0 aromatic heterocycles. The second-order valence-corrected chi connectivity index (χ2v) is 6.77. The van der Waals surface area contributed by atoms with Crippen molar-refractivity contribution in [3.63, 3.8) is 0 Å². The first kappa shape index (κ1) is 20.7. The van der Waals surface area contributed by atoms with Crippen LogP contribution in [0.2, 0.25) is 0 Å². The van der Waals surface area contributed by atoms with Crippen LogP contribution in [0.5, 0.6) is 0 Å². The molecule has 1 aliphatic heterocycles. The molecule has 146 valence electrons. The Bertz CT molecular complexity index is 652. The standard InChI is InChI=1S/C21H29N3O3/c1-5-11-23(12-6-2)20(25)13-22-19-9-7-18(8-10-19)21(26)24-14-16(3)27-17(4)15-24/h5-10,16-17,22H,1-2,11-15H2,3-4H3. The lowest BCUT2D eigenvalue weighted by atomic mass is 10.1. The van der Waals surface area contributed by atoms with Crippen LogP contribution < -0.4 is 5.32 Å². The van der Waals surface area contributed by atoms with E-state index in [-0.39, 0.29) is 30.6 Å². The Morgan fingerprint density at radius 2 is 1.70 bits per heavy atom. The van der Waals surface area contributed by atoms with Crippen LogP contribution in [-0.2, 0) is 9.53 Å². The van der Waals surface area contributed by atoms with Crippen molar-refractivity contribution < 1.29 is 14.3 Å². The number of hydrogen-bond donors (Lipinski definition) is 1. The normalized spacial score (nSPS) is 19.3. The largest absolute Gasteiger partial charge is 0.376 e. The number of benzene rings is 1. The van der Waals surface area contributed by atoms with Crippen molar-refractivity contribution in [3.8, 4) is 0 Å². The lowest BCUT2D eigenvalue weighted by Crippen LogP contribution is -2.48. The van der Waals surface area contributed by atoms with E-state index in [1.165, 1.54) is 0 Å². The third-order valence-corrected chi connectivity index (χ3v) is 4.33. The molecule has 1 aliphatic rings. The molecule has 2 unspecified atom stereocenters. The van der Waals surface area contributed by atoms with E-state index in [0.29, 0.717) is 31.7 Å². The van der Waals surface area contributed by atoms with E-state index in [1.54, 1.807) is 29.2 Å². The van der Waals surface area contributed by atoms with Crippen molar-refractivity contribution in [2.45, 2.75) is 26.1 Å². The van der Waals surface area contributed by atoms with Crippen molar-refractivity contribution >= 4 is 17.5 Å². The highest BCUT2D eigenvalue weighted by atomic mass is 16.5. The summed E-state index contributed by atoms with van der Waals surface area (Å²) >= 11 is 0. The minimum absolute atomic E-state index is 0.00256. The fourth-order valence-electron chi connectivity index (χ4n) is 3.14. The van der Waals surface area contributed by atoms with Crippen molar-refractivity contribution in [1.82, 2.24) is 9.80 Å². The summed E-state index contributed by atoms with van der Waals surface area (Å²) in [7, 11) is 0. The lowest BCUT2D eigenvalue weighted by Gasteiger charge is -2.35. The fourth-order valence-corrected chi connectivity index (χ4v) is 3.14. The van der Waals surface area contributed by atoms with Crippen LogP contribution in [0.15, 0.2) is 49.6 Å². The van der Waals surface area contributed by atoms with Crippen LogP contribution in [0.25, 0.3) is 0 Å². The number of ether oxygens (including phenoxy) is 1. The summed E-state index contributed by atoms with van der Waals surface area (Å²) < 4.78 is 5.68. The van der Waals surface area contributed by atoms with Gasteiger partial charge < -0.3 is 19.9 Å². The predicted molar refractivity (Wildman–Crippen MR) is 108 cm³/mol. The van der Waals surface area contributed by atoms with Gasteiger partial charge >= 0.3 is 0 Å². The van der Waals surface area contributed by atoms with Crippen LogP contribution in [0.3, 0.4) is 0 Å². The summed E-state index contributed by atoms with van der Waals surface area (Å²) in [4.78, 5) is 28.4. The maximum atomic E-state index is 12.7. The molecular weight excluding hydrogens is 342 g/mol. The van der Waals surface area contributed by atoms with Crippen molar-refractivity contribution in [3.05, 3.63) is 55.1 Å². The Morgan fingerprint density at radius 1 is 1.15 bits per heavy atom. The first-order chi connectivity index (χ1) is 12.9. The summed E-state index contributed by atoms with van der Waals surface area (Å²) in [6, 6.07) is 7.20. The molecule has 0 aliphatic carbocycles. The highest BCUT2D eigenvalue weighted by molar-refractivity contribution is 5.94. The van der Waals surface area contributed by atoms with Gasteiger partial charge in [-0.2, -0.15) is 0 Å². The quantitative estimate of drug-likeness (QED) is 0.714. The molecule has 2 atom stereocenters. The molecule has 2 amide bonds. The molecule has 0 spiro atoms. The van der Waals surface area contributed by atoms with Gasteiger partial charge in [-0.05, 0) is 38.1 Å². The summed E-state index contributed by atoms with van der Waals surface area (Å²) in [6.45, 7) is 13.6. The number of morpholine rings is 1. The number of carbonyl (C=O) groups excluding carboxylic acids is 2. The summed E-state index contributed by atoms with van der Waals surface area (Å²) in [6.07, 6.45) is 3.46. The number of amides is 2. The van der Waals surface area contributed by atoms with E-state index in [9.17, 15) is 9.59 Å². The molecule has 1 saturated heterocycles. The first-order valence-corrected chi connectivity index (χ1v) is 9.22. The van der Waals surface area contributed by atoms with Gasteiger partial charge in [0.2, 0.25) is 5.91 Å². The van der Waals surface area contributed by atoms with Crippen LogP contribution in [-0.4, -0.2) is 66.5 Å². The van der Waals surface area contributed by atoms with E-state index in [2.05, 4.69) is 18.5 Å². The zero-order chi connectivity index (χ0) is 19.8. The predicted octanol–water partition coefficient (Wildman–Crippen LogP) is 2.55. The summed E-state index contributed by atoms with van der Waals surface area (Å²) in [5.74, 6) is -0.0333. The molecule has 6 nitrogen and oxygen atoms in total. The summed E-state index contributed by atoms with van der Waals surface area (Å²) in [5, 5.41) is 3.10. The number of carbonyl (C=O) groups is 2. The zero-order valence-corrected chi connectivity index (χ0v) is 16.2. The number of anilines is 1. The van der Waals surface area contributed by atoms with Gasteiger partial charge in [-0.25, -0.2) is 0 Å². The van der Waals surface area contributed by atoms with Gasteiger partial charge in [0.25, 0.3) is 5.91 Å². The minimum Gasteiger partial charge on any atom is -0.376 e. The average molecular weight is 371 g/mol. The third-order valence-electron chi connectivity index (χ3n) is 4.33. The van der Waals surface area contributed by atoms with E-state index >= 15 is 0 Å². The number of nitrogens with zero attached hydrogens (tertiary/aromatic N) is 2. The lowest BCUT2D eigenvalue weighted by molar-refractivity contribution is -0.128. The van der Waals surface area contributed by atoms with Gasteiger partial charge in [-0.1, -0.05) is 12.2 Å². The van der Waals surface area contributed by atoms with Crippen LogP contribution in [0.4, 0.5) is 5.69 Å². The van der Waals surface area contributed by atoms with Crippen molar-refractivity contribution in [1.29, 1.82) is 0 Å². The SMILES string of the molecule is C=CCN(CC=C)C(=O)CNc1ccc(C(=O)N2CC(C)OC(C)C2)cc1. The van der Waals surface area contributed by atoms with Gasteiger partial charge in [0.1, 0.15) is 0 Å². The third kappa shape index (κ3) is 5.96. The molecule has 2 rings (SSSR count). The molecule has 6 heteroatoms. The molecule has 27 heavy (non-hydrogen) atoms. The second kappa shape index (κ2) is 9.92. The van der Waals surface area contributed by atoms with Gasteiger partial charge in [0, 0.05) is 37.4 Å². The van der Waals surface area contributed by atoms with Gasteiger partial charge in [-0.15, -0.1) is 13.2 Å². The van der Waals surface area contributed by atoms with Crippen LogP contribution in [0, 0.1) is 0 Å². The van der Waals surface area contributed by atoms with Gasteiger partial charge in [-0.3, -0.25) is 9.59 Å². The highest BCUT2D eigenvalue weighted by Gasteiger charge is 2.26. The van der Waals surface area contributed by atoms with Crippen molar-refractivity contribution in [2.75, 3.05) is 38.0 Å². The maximum absolute atomic E-state index is 12.7. The van der Waals surface area contributed by atoms with E-state index in [1.807, 2.05) is 30.9 Å². The Labute approximate surface area is 161 Å². The monoisotopic (exact) mass is 371 g/mol. The molecule has 1 fully saturated rings. The average Bonchev–Trinajstić information content (AvgIpc) is 2.65. The van der Waals surface area contributed by atoms with Gasteiger partial charge in [0.15, 0.2) is 0 Å². The first-order valence-electron chi connectivity index (χ1n) is 9.22. The minimum atomic E-state index is -0.0359. The number of nitrogens with one attached hydrogen (secondary N) is 1. The molecule has 0 radical (unpaired) electrons. The molecular formula is C21H29N3O3. The molecule has 0 saturated carbocycles. The van der Waals surface area contributed by atoms with Crippen molar-refractivity contribution in [2.24, 2.45) is 0 Å². The van der Waals surface area contributed by atoms with E-state index < -0.39 is 0 Å². The fraction of sp³-hybridized carbons (Fsp3) is 0.429. The van der Waals surface area contributed by atoms with Crippen LogP contribution in [0.1, 0.15) is 24.2 Å². The number of hydrogen-bond acceptors (Lipinski definition) is 4. The summed E-state index contributed by atoms with van der Waals surface area (Å²) in [5.41, 5.74) is 1.42. The Morgan fingerprint density at radius 3 is 2.22 bits per heavy atom. The molecule has 1 heterocycles. The maximum Gasteiger partial charge on any atom is 0.254 e. The highest BCUT2D eigenvalue weighted by Crippen LogP contribution is 2.16. The second-order valence-electron chi connectivity index (χ2n) is 6.77. The molecule has 1 aromatic rings.